The molecule has 1 unspecified atom stereocenters. The van der Waals surface area contributed by atoms with Crippen molar-refractivity contribution in [3.05, 3.63) is 260 Å². The Morgan fingerprint density at radius 3 is 2.04 bits per heavy atom. The molecule has 4 rings (SSSR count). The number of unbranched alkanes of at least 4 members (excludes halogenated alkanes) is 1. The maximum Gasteiger partial charge on any atom is 0.0384 e. The highest BCUT2D eigenvalue weighted by atomic mass is 14.9. The van der Waals surface area contributed by atoms with E-state index in [2.05, 4.69) is 208 Å². The van der Waals surface area contributed by atoms with Gasteiger partial charge in [0.15, 0.2) is 0 Å². The number of allylic oxidation sites excluding steroid dienone is 17. The van der Waals surface area contributed by atoms with Crippen molar-refractivity contribution in [2.75, 3.05) is 5.32 Å². The average Bonchev–Trinajstić information content (AvgIpc) is 3.21. The molecule has 4 aromatic rings. The average molecular weight is 706 g/mol. The fourth-order valence-electron chi connectivity index (χ4n) is 6.44. The van der Waals surface area contributed by atoms with E-state index in [9.17, 15) is 0 Å². The normalized spacial score (nSPS) is 13.8. The van der Waals surface area contributed by atoms with Crippen molar-refractivity contribution in [3.63, 3.8) is 0 Å². The molecule has 54 heavy (non-hydrogen) atoms. The Hall–Kier alpha value is -6.18. The van der Waals surface area contributed by atoms with Crippen LogP contribution in [0.15, 0.2) is 237 Å². The summed E-state index contributed by atoms with van der Waals surface area (Å²) in [6, 6.07) is 40.0. The SMILES string of the molecule is C=C/C=C(\C=C/CC(C/C=C\CCC=C)(C(/C=C\C(=C)Nc1ccccc1)=C\C)c1ccccc1/C=C/C=C/C=C\Cc1ccccc1)c1ccccc1. The number of hydrogen-bond acceptors (Lipinski definition) is 1. The maximum atomic E-state index is 4.35. The fourth-order valence-corrected chi connectivity index (χ4v) is 6.44. The summed E-state index contributed by atoms with van der Waals surface area (Å²) in [4.78, 5) is 0. The molecule has 0 amide bonds. The van der Waals surface area contributed by atoms with Crippen LogP contribution in [0.5, 0.6) is 0 Å². The molecule has 4 aromatic carbocycles. The topological polar surface area (TPSA) is 12.0 Å². The molecule has 0 saturated carbocycles. The number of nitrogens with one attached hydrogen (secondary N) is 1. The second-order valence-electron chi connectivity index (χ2n) is 13.0. The minimum absolute atomic E-state index is 0.393. The van der Waals surface area contributed by atoms with Crippen LogP contribution in [0.25, 0.3) is 11.6 Å². The van der Waals surface area contributed by atoms with Crippen LogP contribution < -0.4 is 5.32 Å². The van der Waals surface area contributed by atoms with Crippen molar-refractivity contribution in [2.24, 2.45) is 0 Å². The lowest BCUT2D eigenvalue weighted by atomic mass is 9.67. The van der Waals surface area contributed by atoms with Gasteiger partial charge in [0.1, 0.15) is 0 Å². The van der Waals surface area contributed by atoms with Gasteiger partial charge < -0.3 is 5.32 Å². The maximum absolute atomic E-state index is 4.35. The minimum atomic E-state index is -0.393. The third-order valence-electron chi connectivity index (χ3n) is 9.16. The van der Waals surface area contributed by atoms with Gasteiger partial charge >= 0.3 is 0 Å². The number of para-hydroxylation sites is 1. The summed E-state index contributed by atoms with van der Waals surface area (Å²) >= 11 is 0. The fraction of sp³-hybridized carbons (Fsp3) is 0.132. The van der Waals surface area contributed by atoms with E-state index >= 15 is 0 Å². The summed E-state index contributed by atoms with van der Waals surface area (Å²) < 4.78 is 0. The van der Waals surface area contributed by atoms with Gasteiger partial charge in [0.25, 0.3) is 0 Å². The monoisotopic (exact) mass is 705 g/mol. The third-order valence-corrected chi connectivity index (χ3v) is 9.16. The Balaban J connectivity index is 1.76. The zero-order chi connectivity index (χ0) is 38.1. The Bertz CT molecular complexity index is 2000. The molecule has 0 aliphatic rings. The van der Waals surface area contributed by atoms with E-state index in [0.29, 0.717) is 0 Å². The van der Waals surface area contributed by atoms with Gasteiger partial charge in [0.05, 0.1) is 0 Å². The molecule has 0 fully saturated rings. The highest BCUT2D eigenvalue weighted by Gasteiger charge is 2.34. The highest BCUT2D eigenvalue weighted by molar-refractivity contribution is 5.75. The summed E-state index contributed by atoms with van der Waals surface area (Å²) in [6.07, 6.45) is 39.0. The second-order valence-corrected chi connectivity index (χ2v) is 13.0. The van der Waals surface area contributed by atoms with Crippen molar-refractivity contribution in [3.8, 4) is 0 Å². The van der Waals surface area contributed by atoms with Crippen molar-refractivity contribution in [1.29, 1.82) is 0 Å². The van der Waals surface area contributed by atoms with Gasteiger partial charge in [0, 0.05) is 16.8 Å². The molecule has 1 heteroatoms. The number of hydrogen-bond donors (Lipinski definition) is 1. The Morgan fingerprint density at radius 1 is 0.648 bits per heavy atom. The van der Waals surface area contributed by atoms with Gasteiger partial charge in [-0.15, -0.1) is 6.58 Å². The Kier molecular flexibility index (Phi) is 17.6. The van der Waals surface area contributed by atoms with Gasteiger partial charge in [-0.2, -0.15) is 0 Å². The van der Waals surface area contributed by atoms with Crippen LogP contribution in [0.3, 0.4) is 0 Å². The van der Waals surface area contributed by atoms with Crippen molar-refractivity contribution in [1.82, 2.24) is 0 Å². The van der Waals surface area contributed by atoms with Crippen molar-refractivity contribution < 1.29 is 0 Å². The van der Waals surface area contributed by atoms with Crippen molar-refractivity contribution in [2.45, 2.75) is 44.4 Å². The predicted molar refractivity (Wildman–Crippen MR) is 239 cm³/mol. The van der Waals surface area contributed by atoms with E-state index < -0.39 is 5.41 Å². The number of benzene rings is 4. The lowest BCUT2D eigenvalue weighted by molar-refractivity contribution is 0.524. The molecule has 0 aromatic heterocycles. The molecule has 0 aliphatic heterocycles. The quantitative estimate of drug-likeness (QED) is 0.0517. The van der Waals surface area contributed by atoms with Crippen LogP contribution in [0, 0.1) is 0 Å². The van der Waals surface area contributed by atoms with Crippen LogP contribution in [-0.4, -0.2) is 0 Å². The van der Waals surface area contributed by atoms with Gasteiger partial charge in [-0.05, 0) is 90.6 Å². The summed E-state index contributed by atoms with van der Waals surface area (Å²) in [5, 5.41) is 3.45. The molecule has 0 heterocycles. The van der Waals surface area contributed by atoms with Crippen molar-refractivity contribution >= 4 is 17.3 Å². The standard InChI is InChI=1S/C53H55N/c1-5-8-9-13-27-43-53(44-28-37-47(29-6-2)48-33-21-15-22-34-48,50(7-3)42-41-45(4)54-51-38-23-16-24-39-51)52-40-26-25-36-49(52)35-20-12-10-11-17-30-46-31-18-14-19-32-46/h5-7,10-29,31-42,54H,1-2,4,8-9,30,43-44H2,3H3/b12-10+,17-11-,27-13-,35-20+,37-28-,42-41-,47-29+,50-7-. The lowest BCUT2D eigenvalue weighted by Crippen LogP contribution is -2.28. The van der Waals surface area contributed by atoms with E-state index in [-0.39, 0.29) is 0 Å². The molecule has 272 valence electrons. The van der Waals surface area contributed by atoms with E-state index in [4.69, 9.17) is 0 Å². The van der Waals surface area contributed by atoms with Gasteiger partial charge in [0.2, 0.25) is 0 Å². The molecule has 1 nitrogen and oxygen atoms in total. The van der Waals surface area contributed by atoms with E-state index in [1.54, 1.807) is 0 Å². The van der Waals surface area contributed by atoms with Crippen LogP contribution in [0.2, 0.25) is 0 Å². The molecule has 0 radical (unpaired) electrons. The molecule has 0 aliphatic carbocycles. The van der Waals surface area contributed by atoms with E-state index in [1.165, 1.54) is 22.3 Å². The number of rotatable bonds is 21. The summed E-state index contributed by atoms with van der Waals surface area (Å²) in [6.45, 7) is 14.4. The molecule has 0 spiro atoms. The van der Waals surface area contributed by atoms with Crippen LogP contribution in [0.4, 0.5) is 5.69 Å². The molecule has 0 saturated heterocycles. The first-order chi connectivity index (χ1) is 26.6. The first-order valence-corrected chi connectivity index (χ1v) is 18.9. The van der Waals surface area contributed by atoms with E-state index in [1.807, 2.05) is 36.4 Å². The van der Waals surface area contributed by atoms with Crippen LogP contribution in [0.1, 0.15) is 54.9 Å². The van der Waals surface area contributed by atoms with Gasteiger partial charge in [-0.3, -0.25) is 0 Å². The second kappa shape index (κ2) is 23.4. The Morgan fingerprint density at radius 2 is 1.31 bits per heavy atom. The van der Waals surface area contributed by atoms with Crippen LogP contribution >= 0.6 is 0 Å². The Labute approximate surface area is 325 Å². The largest absolute Gasteiger partial charge is 0.356 e. The lowest BCUT2D eigenvalue weighted by Gasteiger charge is -2.36. The molecular weight excluding hydrogens is 651 g/mol. The zero-order valence-corrected chi connectivity index (χ0v) is 31.9. The summed E-state index contributed by atoms with van der Waals surface area (Å²) in [7, 11) is 0. The molecule has 0 bridgehead atoms. The van der Waals surface area contributed by atoms with Gasteiger partial charge in [-0.1, -0.05) is 207 Å². The predicted octanol–water partition coefficient (Wildman–Crippen LogP) is 14.5. The molecule has 1 N–H and O–H groups in total. The van der Waals surface area contributed by atoms with Crippen LogP contribution in [-0.2, 0) is 11.8 Å². The first-order valence-electron chi connectivity index (χ1n) is 18.9. The highest BCUT2D eigenvalue weighted by Crippen LogP contribution is 2.43. The number of anilines is 1. The molecule has 1 atom stereocenters. The molecular formula is C53H55N. The van der Waals surface area contributed by atoms with E-state index in [0.717, 1.165) is 54.6 Å². The minimum Gasteiger partial charge on any atom is -0.356 e. The third kappa shape index (κ3) is 13.1. The summed E-state index contributed by atoms with van der Waals surface area (Å²) in [5.74, 6) is 0. The first kappa shape index (κ1) is 40.6. The summed E-state index contributed by atoms with van der Waals surface area (Å²) in [5.41, 5.74) is 8.69. The van der Waals surface area contributed by atoms with Gasteiger partial charge in [-0.25, -0.2) is 0 Å². The smallest absolute Gasteiger partial charge is 0.0384 e. The zero-order valence-electron chi connectivity index (χ0n) is 31.9.